The lowest BCUT2D eigenvalue weighted by atomic mass is 9.83. The molecular formula is C25H31FN6O4. The van der Waals surface area contributed by atoms with Crippen molar-refractivity contribution in [2.24, 2.45) is 5.73 Å². The molecule has 11 heteroatoms. The number of aromatic hydroxyl groups is 1. The molecule has 0 spiro atoms. The third-order valence-corrected chi connectivity index (χ3v) is 6.59. The normalized spacial score (nSPS) is 22.3. The molecule has 6 N–H and O–H groups in total. The van der Waals surface area contributed by atoms with Crippen molar-refractivity contribution >= 4 is 23.4 Å². The van der Waals surface area contributed by atoms with Gasteiger partial charge in [0.15, 0.2) is 0 Å². The summed E-state index contributed by atoms with van der Waals surface area (Å²) in [6.07, 6.45) is 3.84. The van der Waals surface area contributed by atoms with E-state index >= 15 is 4.39 Å². The van der Waals surface area contributed by atoms with Gasteiger partial charge in [-0.1, -0.05) is 18.2 Å². The minimum absolute atomic E-state index is 0.0138. The Morgan fingerprint density at radius 1 is 1.47 bits per heavy atom. The molecular weight excluding hydrogens is 467 g/mol. The lowest BCUT2D eigenvalue weighted by Crippen LogP contribution is -2.59. The second-order valence-electron chi connectivity index (χ2n) is 8.97. The van der Waals surface area contributed by atoms with Gasteiger partial charge >= 0.3 is 6.09 Å². The first-order valence-electron chi connectivity index (χ1n) is 11.7. The number of carbonyl (C=O) groups is 2. The number of rotatable bonds is 8. The minimum atomic E-state index is -1.49. The number of phenols is 1. The average molecular weight is 499 g/mol. The maximum atomic E-state index is 15.5. The van der Waals surface area contributed by atoms with Gasteiger partial charge in [-0.3, -0.25) is 20.4 Å². The topological polar surface area (TPSA) is 165 Å². The maximum absolute atomic E-state index is 15.5. The number of alkyl halides is 1. The van der Waals surface area contributed by atoms with Gasteiger partial charge in [0, 0.05) is 31.4 Å². The van der Waals surface area contributed by atoms with E-state index in [4.69, 9.17) is 11.1 Å². The highest BCUT2D eigenvalue weighted by atomic mass is 19.1. The number of nitrogens with zero attached hydrogens (tertiary/aromatic N) is 2. The summed E-state index contributed by atoms with van der Waals surface area (Å²) in [5.41, 5.74) is 6.45. The highest BCUT2D eigenvalue weighted by Crippen LogP contribution is 2.34. The van der Waals surface area contributed by atoms with Crippen LogP contribution in [0.3, 0.4) is 0 Å². The van der Waals surface area contributed by atoms with Crippen molar-refractivity contribution < 1.29 is 23.8 Å². The van der Waals surface area contributed by atoms with Gasteiger partial charge in [-0.2, -0.15) is 5.26 Å². The van der Waals surface area contributed by atoms with Crippen molar-refractivity contribution in [1.29, 1.82) is 10.7 Å². The summed E-state index contributed by atoms with van der Waals surface area (Å²) in [6.45, 7) is 0.881. The molecule has 192 valence electrons. The number of amides is 2. The zero-order valence-electron chi connectivity index (χ0n) is 20.1. The molecule has 2 unspecified atom stereocenters. The smallest absolute Gasteiger partial charge is 0.412 e. The summed E-state index contributed by atoms with van der Waals surface area (Å²) in [4.78, 5) is 25.1. The summed E-state index contributed by atoms with van der Waals surface area (Å²) >= 11 is 0. The molecule has 0 bridgehead atoms. The fourth-order valence-corrected chi connectivity index (χ4v) is 4.53. The van der Waals surface area contributed by atoms with Crippen LogP contribution in [-0.2, 0) is 16.1 Å². The van der Waals surface area contributed by atoms with Gasteiger partial charge < -0.3 is 20.9 Å². The predicted octanol–water partition coefficient (Wildman–Crippen LogP) is 2.45. The van der Waals surface area contributed by atoms with E-state index < -0.39 is 29.5 Å². The van der Waals surface area contributed by atoms with E-state index in [1.165, 1.54) is 0 Å². The Hall–Kier alpha value is -3.91. The molecule has 0 radical (unpaired) electrons. The van der Waals surface area contributed by atoms with Crippen LogP contribution in [0.2, 0.25) is 0 Å². The Labute approximate surface area is 209 Å². The minimum Gasteiger partial charge on any atom is -0.507 e. The Morgan fingerprint density at radius 3 is 2.83 bits per heavy atom. The number of nitrogens with one attached hydrogen (secondary N) is 3. The summed E-state index contributed by atoms with van der Waals surface area (Å²) in [5, 5.41) is 32.6. The number of alkyl carbamates (subject to hydrolysis) is 1. The molecule has 1 aliphatic carbocycles. The van der Waals surface area contributed by atoms with Gasteiger partial charge in [0.25, 0.3) is 5.91 Å². The van der Waals surface area contributed by atoms with Gasteiger partial charge in [0.1, 0.15) is 17.8 Å². The molecule has 10 nitrogen and oxygen atoms in total. The number of carbonyl (C=O) groups excluding carboxylic acids is 2. The third-order valence-electron chi connectivity index (χ3n) is 6.59. The first kappa shape index (κ1) is 26.7. The number of nitrogens with two attached hydrogens (primary N) is 1. The summed E-state index contributed by atoms with van der Waals surface area (Å²) < 4.78 is 19.9. The molecule has 2 amide bonds. The van der Waals surface area contributed by atoms with Crippen LogP contribution in [0.4, 0.5) is 9.18 Å². The van der Waals surface area contributed by atoms with Crippen LogP contribution in [0, 0.1) is 16.7 Å². The SMILES string of the molecule is COC(=O)NC(=N)/C(=C\NC1(CC#N)CCN(Cc2ccc(C3=CCCC3)c(O)c2)CC1F)C(N)=O. The van der Waals surface area contributed by atoms with Crippen molar-refractivity contribution in [2.75, 3.05) is 20.2 Å². The van der Waals surface area contributed by atoms with E-state index in [2.05, 4.69) is 16.1 Å². The molecule has 3 rings (SSSR count). The van der Waals surface area contributed by atoms with Crippen LogP contribution in [-0.4, -0.2) is 59.8 Å². The number of methoxy groups -OCH3 is 1. The molecule has 2 aliphatic rings. The van der Waals surface area contributed by atoms with Crippen LogP contribution in [0.25, 0.3) is 5.57 Å². The zero-order chi connectivity index (χ0) is 26.3. The van der Waals surface area contributed by atoms with Crippen molar-refractivity contribution in [3.63, 3.8) is 0 Å². The average Bonchev–Trinajstić information content (AvgIpc) is 3.36. The summed E-state index contributed by atoms with van der Waals surface area (Å²) in [7, 11) is 1.10. The van der Waals surface area contributed by atoms with Gasteiger partial charge in [-0.05, 0) is 42.9 Å². The van der Waals surface area contributed by atoms with Crippen molar-refractivity contribution in [3.8, 4) is 11.8 Å². The lowest BCUT2D eigenvalue weighted by Gasteiger charge is -2.43. The number of allylic oxidation sites excluding steroid dienone is 2. The number of hydrogen-bond donors (Lipinski definition) is 5. The van der Waals surface area contributed by atoms with Crippen molar-refractivity contribution in [2.45, 2.75) is 50.4 Å². The number of ether oxygens (including phenoxy) is 1. The molecule has 1 fully saturated rings. The molecule has 1 aromatic carbocycles. The van der Waals surface area contributed by atoms with Gasteiger partial charge in [-0.15, -0.1) is 0 Å². The number of benzene rings is 1. The van der Waals surface area contributed by atoms with E-state index in [-0.39, 0.29) is 30.7 Å². The third kappa shape index (κ3) is 6.20. The summed E-state index contributed by atoms with van der Waals surface area (Å²) in [5.74, 6) is -1.42. The quantitative estimate of drug-likeness (QED) is 0.209. The maximum Gasteiger partial charge on any atom is 0.412 e. The Balaban J connectivity index is 1.70. The van der Waals surface area contributed by atoms with Gasteiger partial charge in [0.2, 0.25) is 0 Å². The Bertz CT molecular complexity index is 1130. The molecule has 0 aromatic heterocycles. The molecule has 0 saturated carbocycles. The van der Waals surface area contributed by atoms with Gasteiger partial charge in [-0.25, -0.2) is 9.18 Å². The van der Waals surface area contributed by atoms with E-state index in [0.717, 1.165) is 49.3 Å². The van der Waals surface area contributed by atoms with E-state index in [9.17, 15) is 20.0 Å². The van der Waals surface area contributed by atoms with E-state index in [1.807, 2.05) is 28.4 Å². The highest BCUT2D eigenvalue weighted by Gasteiger charge is 2.43. The van der Waals surface area contributed by atoms with Crippen molar-refractivity contribution in [1.82, 2.24) is 15.5 Å². The Kier molecular flexibility index (Phi) is 8.66. The number of primary amides is 1. The standard InChI is InChI=1S/C25H31FN6O4/c1-36-24(35)31-22(28)19(23(29)34)13-30-25(8-10-27)9-11-32(15-21(25)26)14-16-6-7-18(20(33)12-16)17-4-2-3-5-17/h4,6-7,12-13,21,30,33H,2-3,5,8-9,11,14-15H2,1H3,(H2,29,34)(H2,28,31,35)/b19-13+. The fraction of sp³-hybridized carbons (Fsp3) is 0.440. The van der Waals surface area contributed by atoms with Crippen LogP contribution in [0.5, 0.6) is 5.75 Å². The molecule has 2 atom stereocenters. The highest BCUT2D eigenvalue weighted by molar-refractivity contribution is 6.21. The molecule has 1 aliphatic heterocycles. The number of piperidine rings is 1. The predicted molar refractivity (Wildman–Crippen MR) is 131 cm³/mol. The van der Waals surface area contributed by atoms with Crippen LogP contribution >= 0.6 is 0 Å². The van der Waals surface area contributed by atoms with E-state index in [1.54, 1.807) is 6.07 Å². The number of hydrogen-bond acceptors (Lipinski definition) is 8. The first-order chi connectivity index (χ1) is 17.2. The number of nitriles is 1. The van der Waals surface area contributed by atoms with E-state index in [0.29, 0.717) is 13.1 Å². The second-order valence-corrected chi connectivity index (χ2v) is 8.97. The molecule has 1 heterocycles. The monoisotopic (exact) mass is 498 g/mol. The number of amidine groups is 1. The fourth-order valence-electron chi connectivity index (χ4n) is 4.53. The number of halogens is 1. The van der Waals surface area contributed by atoms with Crippen LogP contribution in [0.1, 0.15) is 43.2 Å². The van der Waals surface area contributed by atoms with Gasteiger partial charge in [0.05, 0.1) is 30.7 Å². The largest absolute Gasteiger partial charge is 0.507 e. The van der Waals surface area contributed by atoms with Crippen molar-refractivity contribution in [3.05, 3.63) is 47.2 Å². The van der Waals surface area contributed by atoms with Crippen LogP contribution < -0.4 is 16.4 Å². The lowest BCUT2D eigenvalue weighted by molar-refractivity contribution is -0.114. The number of likely N-dealkylation sites (tertiary alicyclic amines) is 1. The molecule has 1 saturated heterocycles. The zero-order valence-corrected chi connectivity index (χ0v) is 20.1. The first-order valence-corrected chi connectivity index (χ1v) is 11.7. The van der Waals surface area contributed by atoms with Crippen LogP contribution in [0.15, 0.2) is 36.0 Å². The summed E-state index contributed by atoms with van der Waals surface area (Å²) in [6, 6.07) is 7.52. The Morgan fingerprint density at radius 2 is 2.25 bits per heavy atom. The second kappa shape index (κ2) is 11.7. The molecule has 36 heavy (non-hydrogen) atoms. The number of phenolic OH excluding ortho intramolecular Hbond substituents is 1. The molecule has 1 aromatic rings.